The smallest absolute Gasteiger partial charge is 0.335 e. The van der Waals surface area contributed by atoms with Gasteiger partial charge in [0.2, 0.25) is 10.0 Å². The van der Waals surface area contributed by atoms with Gasteiger partial charge >= 0.3 is 5.97 Å². The summed E-state index contributed by atoms with van der Waals surface area (Å²) in [5.74, 6) is -0.675. The highest BCUT2D eigenvalue weighted by atomic mass is 35.5. The third kappa shape index (κ3) is 6.19. The minimum atomic E-state index is -3.38. The number of aromatic carboxylic acids is 1. The summed E-state index contributed by atoms with van der Waals surface area (Å²) in [6.45, 7) is 0.482. The SMILES string of the molecule is O=C(O)c1ccc2c(c1)nc(-c1ccc(OCc3cc(N4CCCS4(=O)=O)ccc3-c3ccc(Cl)cc3)cc1F)n2C1CCCCC1. The molecule has 0 amide bonds. The molecule has 0 bridgehead atoms. The molecule has 8 nitrogen and oxygen atoms in total. The number of rotatable bonds is 8. The Hall–Kier alpha value is -4.41. The van der Waals surface area contributed by atoms with Gasteiger partial charge in [0.15, 0.2) is 0 Å². The Balaban J connectivity index is 1.22. The zero-order valence-corrected chi connectivity index (χ0v) is 27.1. The van der Waals surface area contributed by atoms with Crippen molar-refractivity contribution in [1.82, 2.24) is 9.55 Å². The van der Waals surface area contributed by atoms with Crippen LogP contribution in [0.25, 0.3) is 33.5 Å². The number of sulfonamides is 1. The van der Waals surface area contributed by atoms with Crippen molar-refractivity contribution in [2.45, 2.75) is 51.2 Å². The lowest BCUT2D eigenvalue weighted by atomic mass is 9.94. The second kappa shape index (κ2) is 12.7. The fourth-order valence-corrected chi connectivity index (χ4v) is 8.44. The molecule has 2 heterocycles. The molecule has 242 valence electrons. The molecule has 5 aromatic rings. The number of imidazole rings is 1. The van der Waals surface area contributed by atoms with E-state index in [1.807, 2.05) is 24.3 Å². The number of carboxylic acid groups (broad SMARTS) is 1. The van der Waals surface area contributed by atoms with Crippen molar-refractivity contribution >= 4 is 44.3 Å². The summed E-state index contributed by atoms with van der Waals surface area (Å²) in [6.07, 6.45) is 5.72. The van der Waals surface area contributed by atoms with Crippen LogP contribution >= 0.6 is 11.6 Å². The molecule has 0 radical (unpaired) electrons. The number of halogens is 2. The third-order valence-electron chi connectivity index (χ3n) is 9.08. The average Bonchev–Trinajstić information content (AvgIpc) is 3.63. The first-order valence-corrected chi connectivity index (χ1v) is 17.7. The summed E-state index contributed by atoms with van der Waals surface area (Å²) in [5.41, 5.74) is 4.77. The fourth-order valence-electron chi connectivity index (χ4n) is 6.75. The fraction of sp³-hybridized carbons (Fsp3) is 0.278. The molecular weight excluding hydrogens is 641 g/mol. The molecular formula is C36H33ClFN3O5S. The number of anilines is 1. The summed E-state index contributed by atoms with van der Waals surface area (Å²) in [4.78, 5) is 16.4. The Morgan fingerprint density at radius 1 is 0.936 bits per heavy atom. The van der Waals surface area contributed by atoms with E-state index < -0.39 is 21.8 Å². The van der Waals surface area contributed by atoms with Crippen LogP contribution in [0.5, 0.6) is 5.75 Å². The topological polar surface area (TPSA) is 102 Å². The van der Waals surface area contributed by atoms with Gasteiger partial charge in [0.25, 0.3) is 0 Å². The predicted octanol–water partition coefficient (Wildman–Crippen LogP) is 8.49. The molecule has 1 saturated heterocycles. The van der Waals surface area contributed by atoms with Crippen molar-refractivity contribution < 1.29 is 27.4 Å². The van der Waals surface area contributed by atoms with Crippen LogP contribution in [-0.2, 0) is 16.6 Å². The summed E-state index contributed by atoms with van der Waals surface area (Å²) in [7, 11) is -3.38. The summed E-state index contributed by atoms with van der Waals surface area (Å²) < 4.78 is 50.9. The Labute approximate surface area is 277 Å². The van der Waals surface area contributed by atoms with Gasteiger partial charge in [0, 0.05) is 23.7 Å². The average molecular weight is 674 g/mol. The van der Waals surface area contributed by atoms with Gasteiger partial charge in [-0.05, 0) is 90.6 Å². The van der Waals surface area contributed by atoms with E-state index >= 15 is 4.39 Å². The van der Waals surface area contributed by atoms with Crippen LogP contribution in [0.3, 0.4) is 0 Å². The van der Waals surface area contributed by atoms with Crippen LogP contribution in [0.2, 0.25) is 5.02 Å². The molecule has 7 rings (SSSR count). The van der Waals surface area contributed by atoms with Crippen molar-refractivity contribution in [2.75, 3.05) is 16.6 Å². The second-order valence-corrected chi connectivity index (χ2v) is 14.6. The van der Waals surface area contributed by atoms with Gasteiger partial charge in [0.05, 0.1) is 33.6 Å². The van der Waals surface area contributed by atoms with E-state index in [0.717, 1.165) is 54.3 Å². The van der Waals surface area contributed by atoms with Gasteiger partial charge in [0.1, 0.15) is 24.0 Å². The highest BCUT2D eigenvalue weighted by molar-refractivity contribution is 7.93. The molecule has 2 fully saturated rings. The molecule has 0 unspecified atom stereocenters. The maximum atomic E-state index is 16.0. The first-order chi connectivity index (χ1) is 22.7. The van der Waals surface area contributed by atoms with Crippen molar-refractivity contribution in [3.8, 4) is 28.3 Å². The van der Waals surface area contributed by atoms with E-state index in [4.69, 9.17) is 21.3 Å². The number of carboxylic acids is 1. The third-order valence-corrected chi connectivity index (χ3v) is 11.2. The molecule has 1 aliphatic heterocycles. The van der Waals surface area contributed by atoms with Crippen LogP contribution in [0.15, 0.2) is 78.9 Å². The first-order valence-electron chi connectivity index (χ1n) is 15.8. The van der Waals surface area contributed by atoms with E-state index in [9.17, 15) is 18.3 Å². The van der Waals surface area contributed by atoms with Gasteiger partial charge < -0.3 is 14.4 Å². The quantitative estimate of drug-likeness (QED) is 0.177. The lowest BCUT2D eigenvalue weighted by Gasteiger charge is -2.25. The largest absolute Gasteiger partial charge is 0.489 e. The molecule has 11 heteroatoms. The van der Waals surface area contributed by atoms with Crippen molar-refractivity contribution in [1.29, 1.82) is 0 Å². The number of benzene rings is 4. The molecule has 1 N–H and O–H groups in total. The lowest BCUT2D eigenvalue weighted by Crippen LogP contribution is -2.25. The Morgan fingerprint density at radius 3 is 2.40 bits per heavy atom. The van der Waals surface area contributed by atoms with Crippen LogP contribution in [0.4, 0.5) is 10.1 Å². The Kier molecular flexibility index (Phi) is 8.40. The maximum absolute atomic E-state index is 16.0. The van der Waals surface area contributed by atoms with Crippen molar-refractivity contribution in [2.24, 2.45) is 0 Å². The Morgan fingerprint density at radius 2 is 1.70 bits per heavy atom. The number of hydrogen-bond acceptors (Lipinski definition) is 5. The summed E-state index contributed by atoms with van der Waals surface area (Å²) >= 11 is 6.13. The maximum Gasteiger partial charge on any atom is 0.335 e. The summed E-state index contributed by atoms with van der Waals surface area (Å²) in [5, 5.41) is 10.1. The number of carbonyl (C=O) groups is 1. The molecule has 1 aromatic heterocycles. The normalized spacial score (nSPS) is 16.5. The van der Waals surface area contributed by atoms with Crippen molar-refractivity contribution in [3.63, 3.8) is 0 Å². The molecule has 1 aliphatic carbocycles. The van der Waals surface area contributed by atoms with Crippen LogP contribution < -0.4 is 9.04 Å². The van der Waals surface area contributed by atoms with E-state index in [1.54, 1.807) is 42.5 Å². The standard InChI is InChI=1S/C36H33ClFN3O5S/c37-26-10-7-23(8-11-26)30-14-12-28(40-17-4-18-47(40,44)45)19-25(30)22-46-29-13-15-31(32(38)21-29)35-39-33-20-24(36(42)43)9-16-34(33)41(35)27-5-2-1-3-6-27/h7-16,19-21,27H,1-6,17-18,22H2,(H,42,43). The molecule has 1 saturated carbocycles. The second-order valence-electron chi connectivity index (χ2n) is 12.1. The molecule has 2 aliphatic rings. The van der Waals surface area contributed by atoms with Crippen LogP contribution in [0.1, 0.15) is 60.5 Å². The van der Waals surface area contributed by atoms with Gasteiger partial charge in [-0.2, -0.15) is 0 Å². The number of nitrogens with zero attached hydrogens (tertiary/aromatic N) is 3. The molecule has 0 spiro atoms. The van der Waals surface area contributed by atoms with Crippen molar-refractivity contribution in [3.05, 3.63) is 101 Å². The zero-order valence-electron chi connectivity index (χ0n) is 25.5. The zero-order chi connectivity index (χ0) is 32.7. The number of fused-ring (bicyclic) bond motifs is 1. The molecule has 4 aromatic carbocycles. The van der Waals surface area contributed by atoms with E-state index in [0.29, 0.717) is 46.3 Å². The number of aromatic nitrogens is 2. The number of hydrogen-bond donors (Lipinski definition) is 1. The predicted molar refractivity (Wildman–Crippen MR) is 181 cm³/mol. The van der Waals surface area contributed by atoms with E-state index in [1.165, 1.54) is 16.4 Å². The monoisotopic (exact) mass is 673 g/mol. The van der Waals surface area contributed by atoms with Gasteiger partial charge in [-0.25, -0.2) is 22.6 Å². The highest BCUT2D eigenvalue weighted by Gasteiger charge is 2.29. The minimum Gasteiger partial charge on any atom is -0.489 e. The van der Waals surface area contributed by atoms with Crippen LogP contribution in [0, 0.1) is 5.82 Å². The van der Waals surface area contributed by atoms with Gasteiger partial charge in [-0.3, -0.25) is 4.31 Å². The molecule has 47 heavy (non-hydrogen) atoms. The van der Waals surface area contributed by atoms with Crippen LogP contribution in [-0.4, -0.2) is 41.3 Å². The molecule has 0 atom stereocenters. The first kappa shape index (κ1) is 31.2. The van der Waals surface area contributed by atoms with Gasteiger partial charge in [-0.15, -0.1) is 0 Å². The lowest BCUT2D eigenvalue weighted by molar-refractivity contribution is 0.0697. The van der Waals surface area contributed by atoms with E-state index in [-0.39, 0.29) is 24.0 Å². The van der Waals surface area contributed by atoms with Gasteiger partial charge in [-0.1, -0.05) is 49.1 Å². The minimum absolute atomic E-state index is 0.0665. The highest BCUT2D eigenvalue weighted by Crippen LogP contribution is 2.38. The Bertz CT molecular complexity index is 2090. The summed E-state index contributed by atoms with van der Waals surface area (Å²) in [6, 6.07) is 22.5. The number of ether oxygens (including phenoxy) is 1. The van der Waals surface area contributed by atoms with E-state index in [2.05, 4.69) is 4.57 Å².